The van der Waals surface area contributed by atoms with Crippen molar-refractivity contribution in [3.8, 4) is 0 Å². The van der Waals surface area contributed by atoms with Gasteiger partial charge in [-0.1, -0.05) is 28.1 Å². The minimum atomic E-state index is 0.200. The van der Waals surface area contributed by atoms with Crippen LogP contribution in [0.15, 0.2) is 28.7 Å². The van der Waals surface area contributed by atoms with E-state index in [1.807, 2.05) is 19.2 Å². The summed E-state index contributed by atoms with van der Waals surface area (Å²) >= 11 is 5.09. The highest BCUT2D eigenvalue weighted by molar-refractivity contribution is 9.10. The number of aromatic nitrogens is 1. The summed E-state index contributed by atoms with van der Waals surface area (Å²) in [5.74, 6) is 0.200. The second kappa shape index (κ2) is 5.66. The zero-order valence-electron chi connectivity index (χ0n) is 11.2. The predicted molar refractivity (Wildman–Crippen MR) is 85.6 cm³/mol. The predicted octanol–water partition coefficient (Wildman–Crippen LogP) is 4.06. The van der Waals surface area contributed by atoms with Gasteiger partial charge in [0.25, 0.3) is 0 Å². The van der Waals surface area contributed by atoms with Crippen molar-refractivity contribution >= 4 is 38.2 Å². The van der Waals surface area contributed by atoms with Gasteiger partial charge < -0.3 is 4.90 Å². The van der Waals surface area contributed by atoms with Crippen molar-refractivity contribution in [1.29, 1.82) is 0 Å². The van der Waals surface area contributed by atoms with E-state index in [1.165, 1.54) is 5.56 Å². The summed E-state index contributed by atoms with van der Waals surface area (Å²) in [6.07, 6.45) is 2.60. The average Bonchev–Trinajstić information content (AvgIpc) is 2.87. The molecular formula is C15H15BrN2OS. The number of nitrogens with zero attached hydrogens (tertiary/aromatic N) is 2. The maximum absolute atomic E-state index is 11.8. The fraction of sp³-hybridized carbons (Fsp3) is 0.333. The zero-order chi connectivity index (χ0) is 14.1. The number of halogens is 1. The lowest BCUT2D eigenvalue weighted by molar-refractivity contribution is 0.0968. The Morgan fingerprint density at radius 1 is 1.30 bits per heavy atom. The van der Waals surface area contributed by atoms with Gasteiger partial charge >= 0.3 is 0 Å². The molecule has 0 amide bonds. The summed E-state index contributed by atoms with van der Waals surface area (Å²) in [4.78, 5) is 19.6. The smallest absolute Gasteiger partial charge is 0.186 e. The van der Waals surface area contributed by atoms with E-state index >= 15 is 0 Å². The SMILES string of the molecule is CN(Cc1ccc(Br)cc1)c1nc2c(s1)CCCC2=O. The molecule has 1 aliphatic carbocycles. The molecule has 1 aromatic heterocycles. The van der Waals surface area contributed by atoms with E-state index in [0.29, 0.717) is 12.1 Å². The fourth-order valence-electron chi connectivity index (χ4n) is 2.35. The van der Waals surface area contributed by atoms with Gasteiger partial charge in [0.15, 0.2) is 10.9 Å². The first kappa shape index (κ1) is 13.8. The van der Waals surface area contributed by atoms with Crippen LogP contribution in [0.25, 0.3) is 0 Å². The van der Waals surface area contributed by atoms with Crippen LogP contribution in [0.5, 0.6) is 0 Å². The van der Waals surface area contributed by atoms with Gasteiger partial charge in [-0.3, -0.25) is 4.79 Å². The number of carbonyl (C=O) groups is 1. The maximum atomic E-state index is 11.8. The van der Waals surface area contributed by atoms with Crippen LogP contribution in [0.2, 0.25) is 0 Å². The monoisotopic (exact) mass is 350 g/mol. The van der Waals surface area contributed by atoms with Crippen molar-refractivity contribution in [3.63, 3.8) is 0 Å². The molecule has 1 aliphatic rings. The molecule has 1 heterocycles. The second-order valence-electron chi connectivity index (χ2n) is 5.03. The summed E-state index contributed by atoms with van der Waals surface area (Å²) in [6.45, 7) is 0.799. The standard InChI is InChI=1S/C15H15BrN2OS/c1-18(9-10-5-7-11(16)8-6-10)15-17-14-12(19)3-2-4-13(14)20-15/h5-8H,2-4,9H2,1H3. The first-order valence-electron chi connectivity index (χ1n) is 6.62. The lowest BCUT2D eigenvalue weighted by atomic mass is 10.0. The van der Waals surface area contributed by atoms with Gasteiger partial charge in [0, 0.05) is 29.4 Å². The Kier molecular flexibility index (Phi) is 3.89. The molecule has 0 saturated heterocycles. The van der Waals surface area contributed by atoms with Gasteiger partial charge in [-0.05, 0) is 30.5 Å². The molecule has 3 nitrogen and oxygen atoms in total. The van der Waals surface area contributed by atoms with E-state index in [-0.39, 0.29) is 5.78 Å². The molecule has 3 rings (SSSR count). The van der Waals surface area contributed by atoms with Gasteiger partial charge in [0.05, 0.1) is 0 Å². The third kappa shape index (κ3) is 2.79. The molecule has 20 heavy (non-hydrogen) atoms. The Balaban J connectivity index is 1.79. The fourth-order valence-corrected chi connectivity index (χ4v) is 3.69. The molecule has 104 valence electrons. The number of rotatable bonds is 3. The molecule has 0 bridgehead atoms. The highest BCUT2D eigenvalue weighted by Crippen LogP contribution is 2.31. The summed E-state index contributed by atoms with van der Waals surface area (Å²) in [6, 6.07) is 8.28. The van der Waals surface area contributed by atoms with E-state index in [1.54, 1.807) is 11.3 Å². The zero-order valence-corrected chi connectivity index (χ0v) is 13.6. The number of Topliss-reactive ketones (excluding diaryl/α,β-unsaturated/α-hetero) is 1. The van der Waals surface area contributed by atoms with Crippen molar-refractivity contribution in [1.82, 2.24) is 4.98 Å². The Morgan fingerprint density at radius 3 is 2.75 bits per heavy atom. The van der Waals surface area contributed by atoms with Crippen LogP contribution < -0.4 is 4.90 Å². The Labute approximate surface area is 130 Å². The number of hydrogen-bond donors (Lipinski definition) is 0. The quantitative estimate of drug-likeness (QED) is 0.836. The molecule has 0 saturated carbocycles. The molecule has 0 spiro atoms. The van der Waals surface area contributed by atoms with Gasteiger partial charge in [-0.2, -0.15) is 0 Å². The molecule has 0 unspecified atom stereocenters. The van der Waals surface area contributed by atoms with Crippen molar-refractivity contribution in [2.24, 2.45) is 0 Å². The van der Waals surface area contributed by atoms with E-state index < -0.39 is 0 Å². The van der Waals surface area contributed by atoms with E-state index in [0.717, 1.165) is 33.9 Å². The molecule has 0 atom stereocenters. The maximum Gasteiger partial charge on any atom is 0.186 e. The van der Waals surface area contributed by atoms with Gasteiger partial charge in [0.1, 0.15) is 5.69 Å². The Bertz CT molecular complexity index is 636. The molecule has 5 heteroatoms. The lowest BCUT2D eigenvalue weighted by Crippen LogP contribution is -2.16. The Morgan fingerprint density at radius 2 is 2.05 bits per heavy atom. The molecule has 0 fully saturated rings. The van der Waals surface area contributed by atoms with Crippen LogP contribution in [-0.2, 0) is 13.0 Å². The number of carbonyl (C=O) groups excluding carboxylic acids is 1. The Hall–Kier alpha value is -1.20. The highest BCUT2D eigenvalue weighted by Gasteiger charge is 2.23. The topological polar surface area (TPSA) is 33.2 Å². The summed E-state index contributed by atoms with van der Waals surface area (Å²) in [5.41, 5.74) is 1.94. The van der Waals surface area contributed by atoms with Crippen molar-refractivity contribution in [2.75, 3.05) is 11.9 Å². The average molecular weight is 351 g/mol. The summed E-state index contributed by atoms with van der Waals surface area (Å²) < 4.78 is 1.08. The minimum absolute atomic E-state index is 0.200. The van der Waals surface area contributed by atoms with Gasteiger partial charge in [0.2, 0.25) is 0 Å². The van der Waals surface area contributed by atoms with Crippen LogP contribution in [0.1, 0.15) is 33.8 Å². The first-order chi connectivity index (χ1) is 9.63. The van der Waals surface area contributed by atoms with Gasteiger partial charge in [-0.25, -0.2) is 4.98 Å². The molecule has 0 N–H and O–H groups in total. The number of thiazole rings is 1. The van der Waals surface area contributed by atoms with E-state index in [9.17, 15) is 4.79 Å². The number of benzene rings is 1. The van der Waals surface area contributed by atoms with Crippen LogP contribution in [0, 0.1) is 0 Å². The lowest BCUT2D eigenvalue weighted by Gasteiger charge is -2.15. The van der Waals surface area contributed by atoms with Crippen LogP contribution >= 0.6 is 27.3 Å². The van der Waals surface area contributed by atoms with Gasteiger partial charge in [-0.15, -0.1) is 11.3 Å². The first-order valence-corrected chi connectivity index (χ1v) is 8.23. The number of ketones is 1. The number of hydrogen-bond acceptors (Lipinski definition) is 4. The second-order valence-corrected chi connectivity index (χ2v) is 7.01. The number of anilines is 1. The van der Waals surface area contributed by atoms with Crippen LogP contribution in [0.3, 0.4) is 0 Å². The molecular weight excluding hydrogens is 336 g/mol. The largest absolute Gasteiger partial charge is 0.347 e. The van der Waals surface area contributed by atoms with E-state index in [4.69, 9.17) is 0 Å². The summed E-state index contributed by atoms with van der Waals surface area (Å²) in [5, 5.41) is 0.938. The van der Waals surface area contributed by atoms with Crippen molar-refractivity contribution < 1.29 is 4.79 Å². The highest BCUT2D eigenvalue weighted by atomic mass is 79.9. The molecule has 0 aliphatic heterocycles. The molecule has 2 aromatic rings. The van der Waals surface area contributed by atoms with Crippen molar-refractivity contribution in [3.05, 3.63) is 44.9 Å². The third-order valence-corrected chi connectivity index (χ3v) is 5.18. The number of aryl methyl sites for hydroxylation is 1. The van der Waals surface area contributed by atoms with E-state index in [2.05, 4.69) is 37.9 Å². The molecule has 1 aromatic carbocycles. The summed E-state index contributed by atoms with van der Waals surface area (Å²) in [7, 11) is 2.02. The normalized spacial score (nSPS) is 14.2. The van der Waals surface area contributed by atoms with Crippen LogP contribution in [0.4, 0.5) is 5.13 Å². The van der Waals surface area contributed by atoms with Crippen molar-refractivity contribution in [2.45, 2.75) is 25.8 Å². The molecule has 0 radical (unpaired) electrons. The third-order valence-electron chi connectivity index (χ3n) is 3.42. The van der Waals surface area contributed by atoms with Crippen LogP contribution in [-0.4, -0.2) is 17.8 Å². The number of fused-ring (bicyclic) bond motifs is 1. The minimum Gasteiger partial charge on any atom is -0.347 e.